The van der Waals surface area contributed by atoms with E-state index in [-0.39, 0.29) is 30.1 Å². The van der Waals surface area contributed by atoms with Gasteiger partial charge in [0.15, 0.2) is 0 Å². The van der Waals surface area contributed by atoms with E-state index in [1.165, 1.54) is 0 Å². The topological polar surface area (TPSA) is 70.2 Å². The van der Waals surface area contributed by atoms with Gasteiger partial charge in [0.1, 0.15) is 0 Å². The molecule has 3 N–H and O–H groups in total. The summed E-state index contributed by atoms with van der Waals surface area (Å²) >= 11 is 0. The van der Waals surface area contributed by atoms with Crippen molar-refractivity contribution in [2.45, 2.75) is 32.7 Å². The van der Waals surface area contributed by atoms with Crippen LogP contribution in [0.2, 0.25) is 0 Å². The molecule has 2 amide bonds. The Morgan fingerprint density at radius 2 is 2.05 bits per heavy atom. The van der Waals surface area contributed by atoms with Crippen molar-refractivity contribution in [2.24, 2.45) is 5.92 Å². The van der Waals surface area contributed by atoms with Crippen molar-refractivity contribution >= 4 is 29.9 Å². The second-order valence-corrected chi connectivity index (χ2v) is 5.47. The fourth-order valence-electron chi connectivity index (χ4n) is 2.65. The Balaban J connectivity index is 0.00000242. The number of amides is 2. The first kappa shape index (κ1) is 18.5. The van der Waals surface area contributed by atoms with Crippen LogP contribution in [0.5, 0.6) is 0 Å². The standard InChI is InChI=1S/C16H23N3O2.ClH/c1-3-17-16(21)13-6-4-5-7-14(13)19-15(20)12-8-9-18-11(2)10-12;/h4-7,11-12,18H,3,8-10H2,1-2H3,(H,17,21)(H,19,20);1H/t11-,12-;/m0./s1. The molecular weight excluding hydrogens is 302 g/mol. The summed E-state index contributed by atoms with van der Waals surface area (Å²) in [5.74, 6) is -0.157. The number of hydrogen-bond donors (Lipinski definition) is 3. The third-order valence-electron chi connectivity index (χ3n) is 3.76. The first-order valence-electron chi connectivity index (χ1n) is 7.53. The molecular formula is C16H24ClN3O2. The molecule has 1 fully saturated rings. The molecule has 1 aromatic rings. The number of anilines is 1. The molecule has 0 aromatic heterocycles. The maximum Gasteiger partial charge on any atom is 0.253 e. The van der Waals surface area contributed by atoms with Gasteiger partial charge in [0.25, 0.3) is 5.91 Å². The molecule has 1 saturated heterocycles. The molecule has 0 radical (unpaired) electrons. The Labute approximate surface area is 137 Å². The molecule has 2 atom stereocenters. The Hall–Kier alpha value is -1.59. The SMILES string of the molecule is CCNC(=O)c1ccccc1NC(=O)[C@H]1CCN[C@@H](C)C1.Cl. The lowest BCUT2D eigenvalue weighted by Gasteiger charge is -2.27. The smallest absolute Gasteiger partial charge is 0.253 e. The van der Waals surface area contributed by atoms with E-state index < -0.39 is 0 Å². The van der Waals surface area contributed by atoms with Gasteiger partial charge in [-0.25, -0.2) is 0 Å². The first-order valence-corrected chi connectivity index (χ1v) is 7.53. The van der Waals surface area contributed by atoms with E-state index in [0.29, 0.717) is 23.8 Å². The molecule has 122 valence electrons. The predicted molar refractivity (Wildman–Crippen MR) is 90.5 cm³/mol. The van der Waals surface area contributed by atoms with Gasteiger partial charge in [0.2, 0.25) is 5.91 Å². The molecule has 0 bridgehead atoms. The van der Waals surface area contributed by atoms with Crippen molar-refractivity contribution in [3.8, 4) is 0 Å². The van der Waals surface area contributed by atoms with Crippen LogP contribution in [0.15, 0.2) is 24.3 Å². The highest BCUT2D eigenvalue weighted by Gasteiger charge is 2.25. The van der Waals surface area contributed by atoms with Crippen LogP contribution in [0.1, 0.15) is 37.0 Å². The second-order valence-electron chi connectivity index (χ2n) is 5.47. The summed E-state index contributed by atoms with van der Waals surface area (Å²) in [6, 6.07) is 7.47. The van der Waals surface area contributed by atoms with Crippen molar-refractivity contribution < 1.29 is 9.59 Å². The summed E-state index contributed by atoms with van der Waals surface area (Å²) in [5.41, 5.74) is 1.09. The number of carbonyl (C=O) groups is 2. The van der Waals surface area contributed by atoms with Crippen LogP contribution in [0.4, 0.5) is 5.69 Å². The van der Waals surface area contributed by atoms with Crippen molar-refractivity contribution in [2.75, 3.05) is 18.4 Å². The molecule has 1 heterocycles. The predicted octanol–water partition coefficient (Wildman–Crippen LogP) is 2.18. The Morgan fingerprint density at radius 1 is 1.32 bits per heavy atom. The van der Waals surface area contributed by atoms with Gasteiger partial charge in [0, 0.05) is 18.5 Å². The maximum atomic E-state index is 12.4. The summed E-state index contributed by atoms with van der Waals surface area (Å²) in [7, 11) is 0. The molecule has 0 unspecified atom stereocenters. The van der Waals surface area contributed by atoms with Crippen molar-refractivity contribution in [1.29, 1.82) is 0 Å². The highest BCUT2D eigenvalue weighted by atomic mass is 35.5. The summed E-state index contributed by atoms with van der Waals surface area (Å²) < 4.78 is 0. The van der Waals surface area contributed by atoms with Gasteiger partial charge < -0.3 is 16.0 Å². The average Bonchev–Trinajstić information content (AvgIpc) is 2.48. The monoisotopic (exact) mass is 325 g/mol. The minimum atomic E-state index is -0.160. The van der Waals surface area contributed by atoms with Crippen LogP contribution in [-0.2, 0) is 4.79 Å². The van der Waals surface area contributed by atoms with Gasteiger partial charge in [-0.3, -0.25) is 9.59 Å². The van der Waals surface area contributed by atoms with Gasteiger partial charge in [-0.2, -0.15) is 0 Å². The molecule has 1 aliphatic heterocycles. The minimum absolute atomic E-state index is 0. The molecule has 0 saturated carbocycles. The number of benzene rings is 1. The molecule has 2 rings (SSSR count). The van der Waals surface area contributed by atoms with Crippen LogP contribution >= 0.6 is 12.4 Å². The highest BCUT2D eigenvalue weighted by Crippen LogP contribution is 2.21. The van der Waals surface area contributed by atoms with E-state index in [1.807, 2.05) is 13.0 Å². The number of carbonyl (C=O) groups excluding carboxylic acids is 2. The van der Waals surface area contributed by atoms with Crippen LogP contribution in [0, 0.1) is 5.92 Å². The number of piperidine rings is 1. The van der Waals surface area contributed by atoms with Crippen LogP contribution < -0.4 is 16.0 Å². The van der Waals surface area contributed by atoms with Gasteiger partial charge >= 0.3 is 0 Å². The van der Waals surface area contributed by atoms with Gasteiger partial charge in [-0.1, -0.05) is 12.1 Å². The Kier molecular flexibility index (Phi) is 7.35. The normalized spacial score (nSPS) is 20.6. The number of rotatable bonds is 4. The Bertz CT molecular complexity index is 522. The third-order valence-corrected chi connectivity index (χ3v) is 3.76. The van der Waals surface area contributed by atoms with Gasteiger partial charge in [-0.15, -0.1) is 12.4 Å². The molecule has 22 heavy (non-hydrogen) atoms. The second kappa shape index (κ2) is 8.76. The zero-order valence-corrected chi connectivity index (χ0v) is 13.8. The number of halogens is 1. The number of para-hydroxylation sites is 1. The number of nitrogens with one attached hydrogen (secondary N) is 3. The van der Waals surface area contributed by atoms with E-state index in [9.17, 15) is 9.59 Å². The Morgan fingerprint density at radius 3 is 2.73 bits per heavy atom. The first-order chi connectivity index (χ1) is 10.1. The van der Waals surface area contributed by atoms with Gasteiger partial charge in [0.05, 0.1) is 11.3 Å². The summed E-state index contributed by atoms with van der Waals surface area (Å²) in [4.78, 5) is 24.4. The van der Waals surface area contributed by atoms with E-state index >= 15 is 0 Å². The molecule has 6 heteroatoms. The van der Waals surface area contributed by atoms with Crippen molar-refractivity contribution in [3.05, 3.63) is 29.8 Å². The minimum Gasteiger partial charge on any atom is -0.352 e. The largest absolute Gasteiger partial charge is 0.352 e. The van der Waals surface area contributed by atoms with Crippen LogP contribution in [0.25, 0.3) is 0 Å². The molecule has 1 aliphatic rings. The average molecular weight is 326 g/mol. The zero-order valence-electron chi connectivity index (χ0n) is 13.0. The van der Waals surface area contributed by atoms with Gasteiger partial charge in [-0.05, 0) is 45.4 Å². The fourth-order valence-corrected chi connectivity index (χ4v) is 2.65. The summed E-state index contributed by atoms with van der Waals surface area (Å²) in [6.45, 7) is 5.38. The molecule has 5 nitrogen and oxygen atoms in total. The molecule has 0 aliphatic carbocycles. The van der Waals surface area contributed by atoms with E-state index in [0.717, 1.165) is 19.4 Å². The van der Waals surface area contributed by atoms with E-state index in [4.69, 9.17) is 0 Å². The molecule has 0 spiro atoms. The van der Waals surface area contributed by atoms with E-state index in [2.05, 4.69) is 22.9 Å². The highest BCUT2D eigenvalue weighted by molar-refractivity contribution is 6.04. The summed E-state index contributed by atoms with van der Waals surface area (Å²) in [5, 5.41) is 9.01. The number of hydrogen-bond acceptors (Lipinski definition) is 3. The maximum absolute atomic E-state index is 12.4. The lowest BCUT2D eigenvalue weighted by molar-refractivity contribution is -0.120. The quantitative estimate of drug-likeness (QED) is 0.794. The van der Waals surface area contributed by atoms with Crippen LogP contribution in [-0.4, -0.2) is 30.9 Å². The third kappa shape index (κ3) is 4.71. The lowest BCUT2D eigenvalue weighted by atomic mass is 9.92. The molecule has 1 aromatic carbocycles. The van der Waals surface area contributed by atoms with Crippen molar-refractivity contribution in [3.63, 3.8) is 0 Å². The zero-order chi connectivity index (χ0) is 15.2. The fraction of sp³-hybridized carbons (Fsp3) is 0.500. The van der Waals surface area contributed by atoms with E-state index in [1.54, 1.807) is 18.2 Å². The van der Waals surface area contributed by atoms with Crippen molar-refractivity contribution in [1.82, 2.24) is 10.6 Å². The van der Waals surface area contributed by atoms with Crippen LogP contribution in [0.3, 0.4) is 0 Å². The lowest BCUT2D eigenvalue weighted by Crippen LogP contribution is -2.40. The summed E-state index contributed by atoms with van der Waals surface area (Å²) in [6.07, 6.45) is 1.66.